The van der Waals surface area contributed by atoms with Gasteiger partial charge in [0.15, 0.2) is 11.4 Å². The van der Waals surface area contributed by atoms with Gasteiger partial charge >= 0.3 is 5.97 Å². The van der Waals surface area contributed by atoms with Crippen LogP contribution in [0.2, 0.25) is 0 Å². The van der Waals surface area contributed by atoms with E-state index >= 15 is 0 Å². The molecule has 0 aliphatic carbocycles. The fourth-order valence-corrected chi connectivity index (χ4v) is 1.78. The van der Waals surface area contributed by atoms with Crippen molar-refractivity contribution in [3.63, 3.8) is 0 Å². The zero-order valence-electron chi connectivity index (χ0n) is 10.2. The molecule has 3 rings (SSSR count). The number of carbonyl (C=O) groups is 1. The van der Waals surface area contributed by atoms with Gasteiger partial charge in [-0.15, -0.1) is 0 Å². The van der Waals surface area contributed by atoms with E-state index < -0.39 is 5.97 Å². The summed E-state index contributed by atoms with van der Waals surface area (Å²) in [6, 6.07) is 5.36. The topological polar surface area (TPSA) is 69.6 Å². The van der Waals surface area contributed by atoms with Crippen LogP contribution in [0.25, 0.3) is 17.1 Å². The Labute approximate surface area is 108 Å². The third kappa shape index (κ3) is 1.97. The fraction of sp³-hybridized carbons (Fsp3) is 0.154. The average Bonchev–Trinajstić information content (AvgIpc) is 3.07. The molecule has 3 aromatic heterocycles. The number of carbonyl (C=O) groups excluding carboxylic acids is 1. The van der Waals surface area contributed by atoms with E-state index in [1.165, 1.54) is 10.7 Å². The maximum absolute atomic E-state index is 11.8. The molecule has 3 aromatic rings. The molecule has 6 heteroatoms. The number of nitrogens with zero attached hydrogens (tertiary/aromatic N) is 3. The summed E-state index contributed by atoms with van der Waals surface area (Å²) in [7, 11) is 0. The number of ether oxygens (including phenoxy) is 1. The highest BCUT2D eigenvalue weighted by Gasteiger charge is 2.16. The van der Waals surface area contributed by atoms with E-state index in [-0.39, 0.29) is 0 Å². The smallest absolute Gasteiger partial charge is 0.343 e. The van der Waals surface area contributed by atoms with Gasteiger partial charge in [0, 0.05) is 6.20 Å². The molecule has 0 saturated carbocycles. The van der Waals surface area contributed by atoms with Crippen LogP contribution in [0.3, 0.4) is 0 Å². The van der Waals surface area contributed by atoms with Crippen LogP contribution in [0.1, 0.15) is 17.3 Å². The summed E-state index contributed by atoms with van der Waals surface area (Å²) in [5, 5.41) is 4.07. The van der Waals surface area contributed by atoms with Gasteiger partial charge in [0.2, 0.25) is 0 Å². The van der Waals surface area contributed by atoms with Crippen molar-refractivity contribution in [1.29, 1.82) is 0 Å². The van der Waals surface area contributed by atoms with Crippen molar-refractivity contribution in [2.24, 2.45) is 0 Å². The zero-order chi connectivity index (χ0) is 13.2. The Morgan fingerprint density at radius 3 is 3.11 bits per heavy atom. The summed E-state index contributed by atoms with van der Waals surface area (Å²) < 4.78 is 11.8. The SMILES string of the molecule is CCOC(=O)c1cnn2ccc(-c3ccco3)nc12. The van der Waals surface area contributed by atoms with Crippen LogP contribution in [0.5, 0.6) is 0 Å². The van der Waals surface area contributed by atoms with Crippen molar-refractivity contribution in [3.8, 4) is 11.5 Å². The summed E-state index contributed by atoms with van der Waals surface area (Å²) in [5.41, 5.74) is 1.44. The molecule has 0 aliphatic rings. The quantitative estimate of drug-likeness (QED) is 0.672. The minimum atomic E-state index is -0.429. The fourth-order valence-electron chi connectivity index (χ4n) is 1.78. The number of furan rings is 1. The standard InChI is InChI=1S/C13H11N3O3/c1-2-18-13(17)9-8-14-16-6-5-10(15-12(9)16)11-4-3-7-19-11/h3-8H,2H2,1H3. The predicted octanol–water partition coefficient (Wildman–Crippen LogP) is 2.17. The zero-order valence-corrected chi connectivity index (χ0v) is 10.2. The number of aromatic nitrogens is 3. The van der Waals surface area contributed by atoms with Gasteiger partial charge in [-0.3, -0.25) is 0 Å². The van der Waals surface area contributed by atoms with Crippen molar-refractivity contribution in [2.45, 2.75) is 6.92 Å². The highest BCUT2D eigenvalue weighted by molar-refractivity contribution is 5.95. The van der Waals surface area contributed by atoms with Gasteiger partial charge in [0.1, 0.15) is 11.3 Å². The van der Waals surface area contributed by atoms with E-state index in [1.807, 2.05) is 0 Å². The summed E-state index contributed by atoms with van der Waals surface area (Å²) in [5.74, 6) is 0.208. The second-order valence-corrected chi connectivity index (χ2v) is 3.84. The Balaban J connectivity index is 2.10. The molecule has 0 spiro atoms. The molecule has 0 amide bonds. The number of rotatable bonds is 3. The van der Waals surface area contributed by atoms with Crippen molar-refractivity contribution < 1.29 is 13.9 Å². The van der Waals surface area contributed by atoms with E-state index in [9.17, 15) is 4.79 Å². The summed E-state index contributed by atoms with van der Waals surface area (Å²) in [6.45, 7) is 2.07. The normalized spacial score (nSPS) is 10.8. The molecule has 3 heterocycles. The summed E-state index contributed by atoms with van der Waals surface area (Å²) in [6.07, 6.45) is 4.75. The average molecular weight is 257 g/mol. The number of esters is 1. The highest BCUT2D eigenvalue weighted by Crippen LogP contribution is 2.19. The first-order valence-electron chi connectivity index (χ1n) is 5.85. The van der Waals surface area contributed by atoms with E-state index in [4.69, 9.17) is 9.15 Å². The Bertz CT molecular complexity index is 716. The van der Waals surface area contributed by atoms with Crippen LogP contribution in [-0.2, 0) is 4.74 Å². The van der Waals surface area contributed by atoms with Crippen LogP contribution in [-0.4, -0.2) is 27.2 Å². The molecule has 0 saturated heterocycles. The lowest BCUT2D eigenvalue weighted by Crippen LogP contribution is -2.05. The van der Waals surface area contributed by atoms with Crippen molar-refractivity contribution in [2.75, 3.05) is 6.61 Å². The third-order valence-corrected chi connectivity index (χ3v) is 2.64. The lowest BCUT2D eigenvalue weighted by Gasteiger charge is -2.00. The highest BCUT2D eigenvalue weighted by atomic mass is 16.5. The lowest BCUT2D eigenvalue weighted by molar-refractivity contribution is 0.0528. The molecular weight excluding hydrogens is 246 g/mol. The van der Waals surface area contributed by atoms with E-state index in [2.05, 4.69) is 10.1 Å². The maximum atomic E-state index is 11.8. The van der Waals surface area contributed by atoms with Gasteiger partial charge in [0.25, 0.3) is 0 Å². The first kappa shape index (κ1) is 11.5. The van der Waals surface area contributed by atoms with Crippen LogP contribution >= 0.6 is 0 Å². The molecule has 0 atom stereocenters. The van der Waals surface area contributed by atoms with Gasteiger partial charge < -0.3 is 9.15 Å². The van der Waals surface area contributed by atoms with Crippen molar-refractivity contribution in [1.82, 2.24) is 14.6 Å². The third-order valence-electron chi connectivity index (χ3n) is 2.64. The largest absolute Gasteiger partial charge is 0.463 e. The lowest BCUT2D eigenvalue weighted by atomic mass is 10.3. The maximum Gasteiger partial charge on any atom is 0.343 e. The van der Waals surface area contributed by atoms with Crippen molar-refractivity contribution >= 4 is 11.6 Å². The predicted molar refractivity (Wildman–Crippen MR) is 66.6 cm³/mol. The number of hydrogen-bond acceptors (Lipinski definition) is 5. The van der Waals surface area contributed by atoms with E-state index in [1.54, 1.807) is 37.6 Å². The van der Waals surface area contributed by atoms with Crippen LogP contribution in [0.15, 0.2) is 41.3 Å². The summed E-state index contributed by atoms with van der Waals surface area (Å²) >= 11 is 0. The summed E-state index contributed by atoms with van der Waals surface area (Å²) in [4.78, 5) is 16.2. The molecule has 0 aromatic carbocycles. The van der Waals surface area contributed by atoms with Crippen LogP contribution < -0.4 is 0 Å². The Morgan fingerprint density at radius 2 is 2.37 bits per heavy atom. The van der Waals surface area contributed by atoms with Crippen molar-refractivity contribution in [3.05, 3.63) is 42.4 Å². The van der Waals surface area contributed by atoms with Crippen LogP contribution in [0, 0.1) is 0 Å². The molecule has 96 valence electrons. The molecule has 0 radical (unpaired) electrons. The molecule has 0 aliphatic heterocycles. The van der Waals surface area contributed by atoms with Gasteiger partial charge in [-0.2, -0.15) is 5.10 Å². The van der Waals surface area contributed by atoms with E-state index in [0.29, 0.717) is 29.3 Å². The first-order chi connectivity index (χ1) is 9.29. The molecule has 0 unspecified atom stereocenters. The van der Waals surface area contributed by atoms with Gasteiger partial charge in [-0.1, -0.05) is 0 Å². The van der Waals surface area contributed by atoms with Gasteiger partial charge in [-0.05, 0) is 25.1 Å². The minimum absolute atomic E-state index is 0.314. The Kier molecular flexibility index (Phi) is 2.75. The first-order valence-corrected chi connectivity index (χ1v) is 5.85. The molecule has 6 nitrogen and oxygen atoms in total. The van der Waals surface area contributed by atoms with E-state index in [0.717, 1.165) is 0 Å². The van der Waals surface area contributed by atoms with Gasteiger partial charge in [0.05, 0.1) is 19.1 Å². The minimum Gasteiger partial charge on any atom is -0.463 e. The van der Waals surface area contributed by atoms with Gasteiger partial charge in [-0.25, -0.2) is 14.3 Å². The monoisotopic (exact) mass is 257 g/mol. The second kappa shape index (κ2) is 4.56. The molecular formula is C13H11N3O3. The Morgan fingerprint density at radius 1 is 1.47 bits per heavy atom. The Hall–Kier alpha value is -2.63. The molecule has 0 fully saturated rings. The number of fused-ring (bicyclic) bond motifs is 1. The molecule has 0 bridgehead atoms. The van der Waals surface area contributed by atoms with Crippen LogP contribution in [0.4, 0.5) is 0 Å². The molecule has 0 N–H and O–H groups in total. The molecule has 19 heavy (non-hydrogen) atoms. The number of hydrogen-bond donors (Lipinski definition) is 0. The second-order valence-electron chi connectivity index (χ2n) is 3.84.